The van der Waals surface area contributed by atoms with Crippen LogP contribution in [0, 0.1) is 0 Å². The average Bonchev–Trinajstić information content (AvgIpc) is 3.17. The molecule has 1 aromatic carbocycles. The molecule has 1 heterocycles. The molecule has 0 amide bonds. The first-order valence-electron chi connectivity index (χ1n) is 7.07. The Morgan fingerprint density at radius 1 is 1.25 bits per heavy atom. The minimum Gasteiger partial charge on any atom is -0.337 e. The molecule has 0 unspecified atom stereocenters. The molecule has 3 rings (SSSR count). The van der Waals surface area contributed by atoms with Gasteiger partial charge in [-0.3, -0.25) is 0 Å². The zero-order valence-corrected chi connectivity index (χ0v) is 12.2. The summed E-state index contributed by atoms with van der Waals surface area (Å²) >= 11 is 1.93. The lowest BCUT2D eigenvalue weighted by molar-refractivity contribution is 0.363. The van der Waals surface area contributed by atoms with Crippen molar-refractivity contribution in [1.29, 1.82) is 0 Å². The predicted octanol–water partition coefficient (Wildman–Crippen LogP) is 3.29. The van der Waals surface area contributed by atoms with E-state index in [0.29, 0.717) is 5.89 Å². The van der Waals surface area contributed by atoms with Crippen molar-refractivity contribution in [2.24, 2.45) is 5.73 Å². The molecule has 1 aliphatic carbocycles. The zero-order valence-electron chi connectivity index (χ0n) is 11.4. The summed E-state index contributed by atoms with van der Waals surface area (Å²) in [7, 11) is 0. The van der Waals surface area contributed by atoms with Crippen LogP contribution in [-0.4, -0.2) is 15.4 Å². The lowest BCUT2D eigenvalue weighted by atomic mass is 10.1. The molecular formula is C15H19N3OS. The molecule has 4 nitrogen and oxygen atoms in total. The maximum absolute atomic E-state index is 6.14. The van der Waals surface area contributed by atoms with E-state index in [1.165, 1.54) is 25.7 Å². The molecule has 1 aromatic heterocycles. The molecule has 0 spiro atoms. The predicted molar refractivity (Wildman–Crippen MR) is 80.3 cm³/mol. The summed E-state index contributed by atoms with van der Waals surface area (Å²) in [6.07, 6.45) is 5.35. The second kappa shape index (κ2) is 6.41. The molecule has 1 fully saturated rings. The fourth-order valence-electron chi connectivity index (χ4n) is 2.50. The van der Waals surface area contributed by atoms with Crippen molar-refractivity contribution in [2.45, 2.75) is 42.7 Å². The number of hydrogen-bond donors (Lipinski definition) is 1. The van der Waals surface area contributed by atoms with Crippen LogP contribution >= 0.6 is 11.8 Å². The Morgan fingerprint density at radius 3 is 2.75 bits per heavy atom. The summed E-state index contributed by atoms with van der Waals surface area (Å²) in [5, 5.41) is 4.80. The number of hydrogen-bond acceptors (Lipinski definition) is 5. The third-order valence-corrected chi connectivity index (χ3v) is 5.03. The molecule has 1 aliphatic rings. The van der Waals surface area contributed by atoms with Gasteiger partial charge in [-0.1, -0.05) is 48.3 Å². The van der Waals surface area contributed by atoms with Gasteiger partial charge in [-0.15, -0.1) is 0 Å². The van der Waals surface area contributed by atoms with Crippen molar-refractivity contribution in [1.82, 2.24) is 10.1 Å². The van der Waals surface area contributed by atoms with Crippen LogP contribution in [0.5, 0.6) is 0 Å². The summed E-state index contributed by atoms with van der Waals surface area (Å²) < 4.78 is 5.30. The highest BCUT2D eigenvalue weighted by molar-refractivity contribution is 7.99. The number of aromatic nitrogens is 2. The van der Waals surface area contributed by atoms with E-state index in [9.17, 15) is 0 Å². The first-order chi connectivity index (χ1) is 9.83. The van der Waals surface area contributed by atoms with E-state index in [1.54, 1.807) is 0 Å². The second-order valence-corrected chi connectivity index (χ2v) is 6.44. The molecule has 0 bridgehead atoms. The van der Waals surface area contributed by atoms with E-state index in [0.717, 1.165) is 22.4 Å². The highest BCUT2D eigenvalue weighted by atomic mass is 32.2. The summed E-state index contributed by atoms with van der Waals surface area (Å²) in [4.78, 5) is 4.42. The maximum atomic E-state index is 6.14. The maximum Gasteiger partial charge on any atom is 0.248 e. The van der Waals surface area contributed by atoms with Gasteiger partial charge in [0.25, 0.3) is 0 Å². The zero-order chi connectivity index (χ0) is 13.8. The van der Waals surface area contributed by atoms with E-state index < -0.39 is 0 Å². The molecule has 106 valence electrons. The molecule has 2 aromatic rings. The van der Waals surface area contributed by atoms with Gasteiger partial charge >= 0.3 is 0 Å². The Labute approximate surface area is 123 Å². The van der Waals surface area contributed by atoms with Crippen LogP contribution in [-0.2, 0) is 5.75 Å². The van der Waals surface area contributed by atoms with E-state index >= 15 is 0 Å². The topological polar surface area (TPSA) is 64.9 Å². The minimum absolute atomic E-state index is 0.339. The molecule has 1 saturated carbocycles. The molecule has 20 heavy (non-hydrogen) atoms. The molecule has 0 saturated heterocycles. The van der Waals surface area contributed by atoms with Crippen LogP contribution in [0.3, 0.4) is 0 Å². The number of rotatable bonds is 5. The van der Waals surface area contributed by atoms with Crippen molar-refractivity contribution in [3.63, 3.8) is 0 Å². The fraction of sp³-hybridized carbons (Fsp3) is 0.467. The fourth-order valence-corrected chi connectivity index (χ4v) is 3.67. The Hall–Kier alpha value is -1.33. The van der Waals surface area contributed by atoms with Gasteiger partial charge in [0.05, 0.1) is 5.75 Å². The van der Waals surface area contributed by atoms with Crippen LogP contribution < -0.4 is 5.73 Å². The third kappa shape index (κ3) is 3.22. The van der Waals surface area contributed by atoms with Gasteiger partial charge in [0.2, 0.25) is 5.89 Å². The average molecular weight is 289 g/mol. The van der Waals surface area contributed by atoms with Crippen molar-refractivity contribution in [3.8, 4) is 0 Å². The van der Waals surface area contributed by atoms with Gasteiger partial charge < -0.3 is 10.3 Å². The molecule has 0 aliphatic heterocycles. The van der Waals surface area contributed by atoms with Crippen LogP contribution in [0.15, 0.2) is 34.9 Å². The standard InChI is InChI=1S/C15H19N3OS/c16-14(11-6-2-1-3-7-11)15-17-13(18-19-15)10-20-12-8-4-5-9-12/h1-3,6-7,12,14H,4-5,8-10,16H2/t14-/m1/s1. The van der Waals surface area contributed by atoms with E-state index in [4.69, 9.17) is 10.3 Å². The van der Waals surface area contributed by atoms with Gasteiger partial charge in [0.15, 0.2) is 5.82 Å². The number of nitrogens with zero attached hydrogens (tertiary/aromatic N) is 2. The van der Waals surface area contributed by atoms with Crippen molar-refractivity contribution < 1.29 is 4.52 Å². The Balaban J connectivity index is 1.61. The van der Waals surface area contributed by atoms with Gasteiger partial charge in [-0.25, -0.2) is 0 Å². The molecule has 2 N–H and O–H groups in total. The van der Waals surface area contributed by atoms with Crippen molar-refractivity contribution >= 4 is 11.8 Å². The van der Waals surface area contributed by atoms with Crippen molar-refractivity contribution in [3.05, 3.63) is 47.6 Å². The smallest absolute Gasteiger partial charge is 0.248 e. The third-order valence-electron chi connectivity index (χ3n) is 3.66. The van der Waals surface area contributed by atoms with Gasteiger partial charge in [0, 0.05) is 5.25 Å². The summed E-state index contributed by atoms with van der Waals surface area (Å²) in [6, 6.07) is 9.50. The highest BCUT2D eigenvalue weighted by Crippen LogP contribution is 2.31. The van der Waals surface area contributed by atoms with Gasteiger partial charge in [-0.2, -0.15) is 16.7 Å². The summed E-state index contributed by atoms with van der Waals surface area (Å²) in [5.74, 6) is 2.07. The number of benzene rings is 1. The van der Waals surface area contributed by atoms with E-state index in [2.05, 4.69) is 10.1 Å². The highest BCUT2D eigenvalue weighted by Gasteiger charge is 2.19. The number of nitrogens with two attached hydrogens (primary N) is 1. The van der Waals surface area contributed by atoms with E-state index in [-0.39, 0.29) is 6.04 Å². The van der Waals surface area contributed by atoms with Gasteiger partial charge in [0.1, 0.15) is 6.04 Å². The lowest BCUT2D eigenvalue weighted by Gasteiger charge is -2.06. The molecule has 5 heteroatoms. The van der Waals surface area contributed by atoms with E-state index in [1.807, 2.05) is 42.1 Å². The minimum atomic E-state index is -0.339. The van der Waals surface area contributed by atoms with Gasteiger partial charge in [-0.05, 0) is 18.4 Å². The number of thioether (sulfide) groups is 1. The first-order valence-corrected chi connectivity index (χ1v) is 8.12. The quantitative estimate of drug-likeness (QED) is 0.915. The Kier molecular flexibility index (Phi) is 4.38. The SMILES string of the molecule is N[C@H](c1ccccc1)c1nc(CSC2CCCC2)no1. The van der Waals surface area contributed by atoms with Crippen LogP contribution in [0.25, 0.3) is 0 Å². The Morgan fingerprint density at radius 2 is 2.00 bits per heavy atom. The summed E-state index contributed by atoms with van der Waals surface area (Å²) in [6.45, 7) is 0. The van der Waals surface area contributed by atoms with Crippen LogP contribution in [0.4, 0.5) is 0 Å². The normalized spacial score (nSPS) is 17.4. The van der Waals surface area contributed by atoms with Crippen molar-refractivity contribution in [2.75, 3.05) is 0 Å². The monoisotopic (exact) mass is 289 g/mol. The lowest BCUT2D eigenvalue weighted by Crippen LogP contribution is -2.12. The van der Waals surface area contributed by atoms with Crippen LogP contribution in [0.1, 0.15) is 49.0 Å². The first kappa shape index (κ1) is 13.6. The molecule has 1 atom stereocenters. The Bertz CT molecular complexity index is 537. The largest absolute Gasteiger partial charge is 0.337 e. The molecule has 0 radical (unpaired) electrons. The summed E-state index contributed by atoms with van der Waals surface area (Å²) in [5.41, 5.74) is 7.14. The second-order valence-electron chi connectivity index (χ2n) is 5.15. The molecular weight excluding hydrogens is 270 g/mol. The van der Waals surface area contributed by atoms with Crippen LogP contribution in [0.2, 0.25) is 0 Å².